The Morgan fingerprint density at radius 2 is 0.967 bits per heavy atom. The number of terminal acetylenes is 1. The molecule has 0 saturated heterocycles. The van der Waals surface area contributed by atoms with Crippen LogP contribution < -0.4 is 5.32 Å². The molecule has 0 bridgehead atoms. The van der Waals surface area contributed by atoms with E-state index in [1.165, 1.54) is 16.7 Å². The summed E-state index contributed by atoms with van der Waals surface area (Å²) in [7, 11) is 0. The first-order valence-electron chi connectivity index (χ1n) is 9.80. The average molecular weight is 387 g/mol. The van der Waals surface area contributed by atoms with Crippen molar-refractivity contribution in [2.45, 2.75) is 5.41 Å². The highest BCUT2D eigenvalue weighted by Crippen LogP contribution is 2.45. The van der Waals surface area contributed by atoms with Gasteiger partial charge >= 0.3 is 0 Å². The van der Waals surface area contributed by atoms with E-state index in [0.717, 1.165) is 5.56 Å². The normalized spacial score (nSPS) is 10.8. The molecule has 0 radical (unpaired) electrons. The number of hydrogen-bond donors (Lipinski definition) is 1. The standard InChI is InChI=1S/C28H21NO/c1-2-27(30)29-26-20-18-25(19-21-26)28(22-12-6-3-7-13-22,23-14-8-4-9-15-23)24-16-10-5-11-17-24/h1,3-21H,(H,29,30). The van der Waals surface area contributed by atoms with Gasteiger partial charge in [0, 0.05) is 5.69 Å². The Hall–Kier alpha value is -4.09. The fourth-order valence-corrected chi connectivity index (χ4v) is 4.04. The van der Waals surface area contributed by atoms with Crippen molar-refractivity contribution in [3.63, 3.8) is 0 Å². The maximum atomic E-state index is 11.6. The molecule has 0 heterocycles. The second-order valence-corrected chi connectivity index (χ2v) is 7.02. The zero-order valence-electron chi connectivity index (χ0n) is 16.5. The molecule has 2 heteroatoms. The van der Waals surface area contributed by atoms with E-state index < -0.39 is 11.3 Å². The van der Waals surface area contributed by atoms with Gasteiger partial charge in [-0.3, -0.25) is 4.79 Å². The molecule has 30 heavy (non-hydrogen) atoms. The summed E-state index contributed by atoms with van der Waals surface area (Å²) in [6.45, 7) is 0. The number of rotatable bonds is 5. The van der Waals surface area contributed by atoms with Gasteiger partial charge in [-0.1, -0.05) is 103 Å². The zero-order chi connectivity index (χ0) is 20.8. The Kier molecular flexibility index (Phi) is 5.46. The van der Waals surface area contributed by atoms with Crippen molar-refractivity contribution in [2.75, 3.05) is 5.32 Å². The van der Waals surface area contributed by atoms with Crippen molar-refractivity contribution in [3.8, 4) is 12.3 Å². The van der Waals surface area contributed by atoms with Crippen LogP contribution in [-0.4, -0.2) is 5.91 Å². The molecule has 4 rings (SSSR count). The summed E-state index contributed by atoms with van der Waals surface area (Å²) < 4.78 is 0. The predicted molar refractivity (Wildman–Crippen MR) is 122 cm³/mol. The van der Waals surface area contributed by atoms with Crippen LogP contribution in [0.4, 0.5) is 5.69 Å². The van der Waals surface area contributed by atoms with Gasteiger partial charge in [-0.05, 0) is 40.3 Å². The minimum Gasteiger partial charge on any atom is -0.315 e. The molecule has 0 aliphatic rings. The Morgan fingerprint density at radius 1 is 0.600 bits per heavy atom. The fourth-order valence-electron chi connectivity index (χ4n) is 4.04. The maximum absolute atomic E-state index is 11.6. The third kappa shape index (κ3) is 3.50. The summed E-state index contributed by atoms with van der Waals surface area (Å²) in [6, 6.07) is 39.4. The molecule has 4 aromatic carbocycles. The van der Waals surface area contributed by atoms with Gasteiger partial charge in [-0.15, -0.1) is 6.42 Å². The third-order valence-electron chi connectivity index (χ3n) is 5.33. The number of benzene rings is 4. The molecule has 0 fully saturated rings. The van der Waals surface area contributed by atoms with Crippen molar-refractivity contribution < 1.29 is 4.79 Å². The van der Waals surface area contributed by atoms with Gasteiger partial charge in [0.1, 0.15) is 0 Å². The third-order valence-corrected chi connectivity index (χ3v) is 5.33. The van der Waals surface area contributed by atoms with E-state index in [1.807, 2.05) is 30.3 Å². The molecular formula is C28H21NO. The summed E-state index contributed by atoms with van der Waals surface area (Å²) in [6.07, 6.45) is 5.19. The smallest absolute Gasteiger partial charge is 0.300 e. The highest BCUT2D eigenvalue weighted by Gasteiger charge is 2.38. The van der Waals surface area contributed by atoms with E-state index >= 15 is 0 Å². The number of amides is 1. The van der Waals surface area contributed by atoms with E-state index in [-0.39, 0.29) is 0 Å². The molecule has 1 N–H and O–H groups in total. The second kappa shape index (κ2) is 8.51. The van der Waals surface area contributed by atoms with Gasteiger partial charge in [-0.25, -0.2) is 0 Å². The lowest BCUT2D eigenvalue weighted by Crippen LogP contribution is -2.31. The molecule has 4 aromatic rings. The van der Waals surface area contributed by atoms with E-state index in [9.17, 15) is 4.79 Å². The number of hydrogen-bond acceptors (Lipinski definition) is 1. The van der Waals surface area contributed by atoms with E-state index in [2.05, 4.69) is 96.2 Å². The first-order valence-corrected chi connectivity index (χ1v) is 9.80. The highest BCUT2D eigenvalue weighted by atomic mass is 16.1. The van der Waals surface area contributed by atoms with Gasteiger partial charge in [0.25, 0.3) is 5.91 Å². The molecule has 144 valence electrons. The van der Waals surface area contributed by atoms with E-state index in [0.29, 0.717) is 5.69 Å². The van der Waals surface area contributed by atoms with Crippen LogP contribution in [0.25, 0.3) is 0 Å². The van der Waals surface area contributed by atoms with Gasteiger partial charge in [0.05, 0.1) is 5.41 Å². The Morgan fingerprint density at radius 3 is 1.33 bits per heavy atom. The van der Waals surface area contributed by atoms with E-state index in [1.54, 1.807) is 0 Å². The minimum atomic E-state index is -0.502. The molecule has 1 amide bonds. The van der Waals surface area contributed by atoms with E-state index in [4.69, 9.17) is 6.42 Å². The fraction of sp³-hybridized carbons (Fsp3) is 0.0357. The topological polar surface area (TPSA) is 29.1 Å². The van der Waals surface area contributed by atoms with Crippen molar-refractivity contribution in [1.29, 1.82) is 0 Å². The van der Waals surface area contributed by atoms with Gasteiger partial charge in [-0.2, -0.15) is 0 Å². The summed E-state index contributed by atoms with van der Waals surface area (Å²) in [5.41, 5.74) is 4.78. The van der Waals surface area contributed by atoms with Crippen LogP contribution >= 0.6 is 0 Å². The SMILES string of the molecule is C#CC(=O)Nc1ccc(C(c2ccccc2)(c2ccccc2)c2ccccc2)cc1. The second-order valence-electron chi connectivity index (χ2n) is 7.02. The van der Waals surface area contributed by atoms with Crippen LogP contribution in [0.5, 0.6) is 0 Å². The van der Waals surface area contributed by atoms with Crippen molar-refractivity contribution in [3.05, 3.63) is 138 Å². The number of carbonyl (C=O) groups is 1. The predicted octanol–water partition coefficient (Wildman–Crippen LogP) is 5.64. The van der Waals surface area contributed by atoms with Crippen molar-refractivity contribution in [2.24, 2.45) is 0 Å². The van der Waals surface area contributed by atoms with Crippen LogP contribution in [0.1, 0.15) is 22.3 Å². The molecule has 0 aromatic heterocycles. The summed E-state index contributed by atoms with van der Waals surface area (Å²) >= 11 is 0. The summed E-state index contributed by atoms with van der Waals surface area (Å²) in [5, 5.41) is 2.71. The summed E-state index contributed by atoms with van der Waals surface area (Å²) in [5.74, 6) is 1.63. The Bertz CT molecular complexity index is 1060. The monoisotopic (exact) mass is 387 g/mol. The first kappa shape index (κ1) is 19.2. The van der Waals surface area contributed by atoms with Crippen LogP contribution in [0.15, 0.2) is 115 Å². The molecule has 0 aliphatic heterocycles. The highest BCUT2D eigenvalue weighted by molar-refractivity contribution is 6.03. The van der Waals surface area contributed by atoms with Crippen LogP contribution in [0, 0.1) is 12.3 Å². The van der Waals surface area contributed by atoms with Crippen LogP contribution in [-0.2, 0) is 10.2 Å². The number of anilines is 1. The van der Waals surface area contributed by atoms with Gasteiger partial charge < -0.3 is 5.32 Å². The quantitative estimate of drug-likeness (QED) is 0.348. The van der Waals surface area contributed by atoms with Crippen molar-refractivity contribution >= 4 is 11.6 Å². The molecular weight excluding hydrogens is 366 g/mol. The lowest BCUT2D eigenvalue weighted by Gasteiger charge is -2.37. The summed E-state index contributed by atoms with van der Waals surface area (Å²) in [4.78, 5) is 11.6. The van der Waals surface area contributed by atoms with Crippen molar-refractivity contribution in [1.82, 2.24) is 0 Å². The zero-order valence-corrected chi connectivity index (χ0v) is 16.5. The molecule has 0 atom stereocenters. The molecule has 0 unspecified atom stereocenters. The largest absolute Gasteiger partial charge is 0.315 e. The first-order chi connectivity index (χ1) is 14.7. The molecule has 0 saturated carbocycles. The Balaban J connectivity index is 1.98. The molecule has 0 aliphatic carbocycles. The Labute approximate surface area is 177 Å². The number of carbonyl (C=O) groups excluding carboxylic acids is 1. The van der Waals surface area contributed by atoms with Gasteiger partial charge in [0.15, 0.2) is 0 Å². The average Bonchev–Trinajstić information content (AvgIpc) is 2.83. The lowest BCUT2D eigenvalue weighted by molar-refractivity contribution is -0.111. The maximum Gasteiger partial charge on any atom is 0.300 e. The van der Waals surface area contributed by atoms with Gasteiger partial charge in [0.2, 0.25) is 0 Å². The number of nitrogens with one attached hydrogen (secondary N) is 1. The molecule has 2 nitrogen and oxygen atoms in total. The minimum absolute atomic E-state index is 0.455. The molecule has 0 spiro atoms. The van der Waals surface area contributed by atoms with Crippen LogP contribution in [0.3, 0.4) is 0 Å². The lowest BCUT2D eigenvalue weighted by atomic mass is 9.65. The van der Waals surface area contributed by atoms with Crippen LogP contribution in [0.2, 0.25) is 0 Å².